The number of anilines is 2. The highest BCUT2D eigenvalue weighted by molar-refractivity contribution is 5.58. The van der Waals surface area contributed by atoms with E-state index >= 15 is 0 Å². The molecule has 0 unspecified atom stereocenters. The number of aromatic nitrogens is 2. The molecule has 1 fully saturated rings. The molecule has 1 N–H and O–H groups in total. The number of piperidine rings is 1. The van der Waals surface area contributed by atoms with Crippen LogP contribution in [0.15, 0.2) is 6.33 Å². The average Bonchev–Trinajstić information content (AvgIpc) is 2.42. The molecule has 0 amide bonds. The minimum Gasteiger partial charge on any atom is -0.370 e. The lowest BCUT2D eigenvalue weighted by Gasteiger charge is -2.34. The van der Waals surface area contributed by atoms with Crippen molar-refractivity contribution in [3.05, 3.63) is 11.9 Å². The molecule has 0 spiro atoms. The number of rotatable bonds is 5. The third-order valence-corrected chi connectivity index (χ3v) is 3.94. The van der Waals surface area contributed by atoms with Crippen molar-refractivity contribution in [1.82, 2.24) is 14.9 Å². The maximum Gasteiger partial charge on any atom is 0.137 e. The Bertz CT molecular complexity index is 424. The summed E-state index contributed by atoms with van der Waals surface area (Å²) in [7, 11) is 4.31. The van der Waals surface area contributed by atoms with E-state index in [9.17, 15) is 0 Å². The minimum absolute atomic E-state index is 0.816. The molecule has 0 bridgehead atoms. The Labute approximate surface area is 122 Å². The Hall–Kier alpha value is -1.36. The molecule has 0 radical (unpaired) electrons. The van der Waals surface area contributed by atoms with Crippen molar-refractivity contribution in [3.63, 3.8) is 0 Å². The van der Waals surface area contributed by atoms with Crippen LogP contribution in [0.3, 0.4) is 0 Å². The van der Waals surface area contributed by atoms with Gasteiger partial charge < -0.3 is 15.1 Å². The van der Waals surface area contributed by atoms with E-state index in [0.717, 1.165) is 37.2 Å². The van der Waals surface area contributed by atoms with Crippen molar-refractivity contribution in [2.45, 2.75) is 26.7 Å². The predicted octanol–water partition coefficient (Wildman–Crippen LogP) is 1.99. The van der Waals surface area contributed by atoms with Gasteiger partial charge in [-0.15, -0.1) is 0 Å². The fourth-order valence-electron chi connectivity index (χ4n) is 2.95. The van der Waals surface area contributed by atoms with Gasteiger partial charge in [0.15, 0.2) is 0 Å². The molecular weight excluding hydrogens is 250 g/mol. The average molecular weight is 277 g/mol. The predicted molar refractivity (Wildman–Crippen MR) is 84.4 cm³/mol. The van der Waals surface area contributed by atoms with Crippen LogP contribution in [0.1, 0.15) is 25.3 Å². The van der Waals surface area contributed by atoms with Crippen LogP contribution in [0.4, 0.5) is 11.6 Å². The second-order valence-corrected chi connectivity index (χ2v) is 5.89. The molecular formula is C15H27N5. The lowest BCUT2D eigenvalue weighted by Crippen LogP contribution is -2.38. The number of hydrogen-bond acceptors (Lipinski definition) is 5. The van der Waals surface area contributed by atoms with Gasteiger partial charge in [0.25, 0.3) is 0 Å². The van der Waals surface area contributed by atoms with Gasteiger partial charge in [0.05, 0.1) is 0 Å². The molecule has 1 aromatic rings. The van der Waals surface area contributed by atoms with E-state index in [2.05, 4.69) is 53.0 Å². The first-order valence-electron chi connectivity index (χ1n) is 7.57. The largest absolute Gasteiger partial charge is 0.370 e. The monoisotopic (exact) mass is 277 g/mol. The molecule has 20 heavy (non-hydrogen) atoms. The Kier molecular flexibility index (Phi) is 5.17. The van der Waals surface area contributed by atoms with Crippen molar-refractivity contribution >= 4 is 11.6 Å². The van der Waals surface area contributed by atoms with E-state index in [-0.39, 0.29) is 0 Å². The van der Waals surface area contributed by atoms with Gasteiger partial charge in [0.1, 0.15) is 18.0 Å². The first-order valence-corrected chi connectivity index (χ1v) is 7.57. The number of nitrogens with one attached hydrogen (secondary N) is 1. The van der Waals surface area contributed by atoms with E-state index in [0.29, 0.717) is 0 Å². The molecule has 5 heteroatoms. The topological polar surface area (TPSA) is 44.3 Å². The van der Waals surface area contributed by atoms with Crippen molar-refractivity contribution in [2.75, 3.05) is 50.5 Å². The summed E-state index contributed by atoms with van der Waals surface area (Å²) in [5, 5.41) is 3.31. The summed E-state index contributed by atoms with van der Waals surface area (Å²) in [6.45, 7) is 8.48. The van der Waals surface area contributed by atoms with Crippen molar-refractivity contribution in [2.24, 2.45) is 5.92 Å². The normalized spacial score (nSPS) is 16.8. The first kappa shape index (κ1) is 15.0. The molecule has 1 aromatic heterocycles. The summed E-state index contributed by atoms with van der Waals surface area (Å²) < 4.78 is 0. The smallest absolute Gasteiger partial charge is 0.137 e. The molecule has 0 saturated carbocycles. The van der Waals surface area contributed by atoms with Crippen molar-refractivity contribution < 1.29 is 0 Å². The maximum atomic E-state index is 4.50. The fourth-order valence-corrected chi connectivity index (χ4v) is 2.95. The van der Waals surface area contributed by atoms with Gasteiger partial charge in [-0.05, 0) is 46.7 Å². The van der Waals surface area contributed by atoms with Crippen LogP contribution >= 0.6 is 0 Å². The Morgan fingerprint density at radius 2 is 2.00 bits per heavy atom. The number of nitrogens with zero attached hydrogens (tertiary/aromatic N) is 4. The highest BCUT2D eigenvalue weighted by Crippen LogP contribution is 2.27. The van der Waals surface area contributed by atoms with Gasteiger partial charge in [-0.25, -0.2) is 9.97 Å². The second-order valence-electron chi connectivity index (χ2n) is 5.89. The van der Waals surface area contributed by atoms with Crippen LogP contribution in [-0.4, -0.2) is 55.1 Å². The molecule has 1 aliphatic rings. The summed E-state index contributed by atoms with van der Waals surface area (Å²) in [5.41, 5.74) is 1.17. The van der Waals surface area contributed by atoms with Gasteiger partial charge in [-0.1, -0.05) is 0 Å². The summed E-state index contributed by atoms with van der Waals surface area (Å²) in [6, 6.07) is 0. The van der Waals surface area contributed by atoms with E-state index < -0.39 is 0 Å². The lowest BCUT2D eigenvalue weighted by molar-refractivity contribution is 0.284. The van der Waals surface area contributed by atoms with Gasteiger partial charge in [-0.3, -0.25) is 0 Å². The SMILES string of the molecule is CCNc1ncnc(N2CCC(CN(C)C)CC2)c1C. The van der Waals surface area contributed by atoms with Gasteiger partial charge in [-0.2, -0.15) is 0 Å². The minimum atomic E-state index is 0.816. The molecule has 2 heterocycles. The van der Waals surface area contributed by atoms with Gasteiger partial charge >= 0.3 is 0 Å². The van der Waals surface area contributed by atoms with Gasteiger partial charge in [0.2, 0.25) is 0 Å². The Morgan fingerprint density at radius 1 is 1.30 bits per heavy atom. The zero-order valence-corrected chi connectivity index (χ0v) is 13.2. The van der Waals surface area contributed by atoms with Crippen LogP contribution in [-0.2, 0) is 0 Å². The van der Waals surface area contributed by atoms with E-state index in [1.807, 2.05) is 0 Å². The third kappa shape index (κ3) is 3.60. The van der Waals surface area contributed by atoms with Crippen molar-refractivity contribution in [1.29, 1.82) is 0 Å². The molecule has 1 saturated heterocycles. The fraction of sp³-hybridized carbons (Fsp3) is 0.733. The Balaban J connectivity index is 2.01. The van der Waals surface area contributed by atoms with E-state index in [1.165, 1.54) is 24.9 Å². The summed E-state index contributed by atoms with van der Waals surface area (Å²) in [4.78, 5) is 13.5. The molecule has 1 aliphatic heterocycles. The van der Waals surface area contributed by atoms with Crippen LogP contribution in [0.5, 0.6) is 0 Å². The maximum absolute atomic E-state index is 4.50. The van der Waals surface area contributed by atoms with Crippen molar-refractivity contribution in [3.8, 4) is 0 Å². The quantitative estimate of drug-likeness (QED) is 0.892. The van der Waals surface area contributed by atoms with Gasteiger partial charge in [0, 0.05) is 31.7 Å². The Morgan fingerprint density at radius 3 is 2.60 bits per heavy atom. The zero-order chi connectivity index (χ0) is 14.5. The second kappa shape index (κ2) is 6.88. The summed E-state index contributed by atoms with van der Waals surface area (Å²) in [5.74, 6) is 2.88. The number of hydrogen-bond donors (Lipinski definition) is 1. The molecule has 112 valence electrons. The first-order chi connectivity index (χ1) is 9.61. The van der Waals surface area contributed by atoms with Crippen LogP contribution < -0.4 is 10.2 Å². The third-order valence-electron chi connectivity index (χ3n) is 3.94. The highest BCUT2D eigenvalue weighted by atomic mass is 15.2. The zero-order valence-electron chi connectivity index (χ0n) is 13.2. The molecule has 5 nitrogen and oxygen atoms in total. The van der Waals surface area contributed by atoms with Crippen LogP contribution in [0, 0.1) is 12.8 Å². The van der Waals surface area contributed by atoms with E-state index in [4.69, 9.17) is 0 Å². The molecule has 0 aromatic carbocycles. The highest BCUT2D eigenvalue weighted by Gasteiger charge is 2.22. The summed E-state index contributed by atoms with van der Waals surface area (Å²) in [6.07, 6.45) is 4.17. The molecule has 0 atom stereocenters. The molecule has 2 rings (SSSR count). The van der Waals surface area contributed by atoms with Crippen LogP contribution in [0.2, 0.25) is 0 Å². The lowest BCUT2D eigenvalue weighted by atomic mass is 9.96. The molecule has 0 aliphatic carbocycles. The van der Waals surface area contributed by atoms with E-state index in [1.54, 1.807) is 6.33 Å². The summed E-state index contributed by atoms with van der Waals surface area (Å²) >= 11 is 0. The standard InChI is InChI=1S/C15H27N5/c1-5-16-14-12(2)15(18-11-17-14)20-8-6-13(7-9-20)10-19(3)4/h11,13H,5-10H2,1-4H3,(H,16,17,18). The van der Waals surface area contributed by atoms with Crippen LogP contribution in [0.25, 0.3) is 0 Å².